The third-order valence-electron chi connectivity index (χ3n) is 6.68. The molecule has 0 aromatic rings. The number of unbranched alkanes of at least 4 members (excludes halogenated alkanes) is 10. The quantitative estimate of drug-likeness (QED) is 0.0274. The summed E-state index contributed by atoms with van der Waals surface area (Å²) in [6, 6.07) is -1.55. The van der Waals surface area contributed by atoms with Crippen molar-refractivity contribution < 1.29 is 47.8 Å². The molecule has 0 heterocycles. The number of carboxylic acids is 1. The molecule has 0 bridgehead atoms. The lowest BCUT2D eigenvalue weighted by Crippen LogP contribution is -2.43. The first kappa shape index (κ1) is 42.7. The van der Waals surface area contributed by atoms with Crippen LogP contribution < -0.4 is 5.32 Å². The third-order valence-corrected chi connectivity index (χ3v) is 7.63. The Morgan fingerprint density at radius 1 is 0.711 bits per heavy atom. The minimum Gasteiger partial charge on any atom is -0.480 e. The van der Waals surface area contributed by atoms with Crippen molar-refractivity contribution in [2.75, 3.05) is 19.8 Å². The predicted octanol–water partition coefficient (Wildman–Crippen LogP) is 6.93. The van der Waals surface area contributed by atoms with Gasteiger partial charge in [0.15, 0.2) is 6.04 Å². The fourth-order valence-corrected chi connectivity index (χ4v) is 4.78. The smallest absolute Gasteiger partial charge is 0.472 e. The van der Waals surface area contributed by atoms with Gasteiger partial charge in [0, 0.05) is 12.8 Å². The van der Waals surface area contributed by atoms with E-state index in [0.717, 1.165) is 57.8 Å². The first-order valence-corrected chi connectivity index (χ1v) is 18.0. The second kappa shape index (κ2) is 29.1. The van der Waals surface area contributed by atoms with E-state index in [1.54, 1.807) is 0 Å². The second-order valence-electron chi connectivity index (χ2n) is 11.0. The van der Waals surface area contributed by atoms with Gasteiger partial charge in [-0.3, -0.25) is 18.6 Å². The molecule has 0 saturated heterocycles. The SMILES string of the molecule is CCCCC/C=C\C/C=C\C/C=C\CCCCCCCCC(=O)NC(COP(=O)(O)OCC(O)COC(=O)CCCC)C(=O)O. The van der Waals surface area contributed by atoms with Crippen molar-refractivity contribution in [2.45, 2.75) is 135 Å². The summed E-state index contributed by atoms with van der Waals surface area (Å²) in [5.41, 5.74) is 0. The van der Waals surface area contributed by atoms with E-state index in [-0.39, 0.29) is 12.8 Å². The number of hydrogen-bond acceptors (Lipinski definition) is 8. The molecule has 0 aliphatic carbocycles. The molecule has 3 unspecified atom stereocenters. The third kappa shape index (κ3) is 28.9. The lowest BCUT2D eigenvalue weighted by atomic mass is 10.1. The number of carbonyl (C=O) groups excluding carboxylic acids is 2. The average Bonchev–Trinajstić information content (AvgIpc) is 3.01. The van der Waals surface area contributed by atoms with E-state index in [1.807, 2.05) is 6.92 Å². The molecule has 12 heteroatoms. The maximum atomic E-state index is 12.2. The second-order valence-corrected chi connectivity index (χ2v) is 12.5. The van der Waals surface area contributed by atoms with Crippen molar-refractivity contribution in [3.05, 3.63) is 36.5 Å². The highest BCUT2D eigenvalue weighted by atomic mass is 31.2. The standard InChI is InChI=1S/C33H58NO10P/c1-3-5-7-8-9-10-11-12-13-14-15-16-17-18-19-20-21-22-23-24-31(36)34-30(33(38)39)28-44-45(40,41)43-27-29(35)26-42-32(37)25-6-4-2/h9-10,12-13,15-16,29-30,35H,3-8,11,14,17-28H2,1-2H3,(H,34,36)(H,38,39)(H,40,41)/b10-9-,13-12-,16-15-. The van der Waals surface area contributed by atoms with Crippen LogP contribution in [0.15, 0.2) is 36.5 Å². The van der Waals surface area contributed by atoms with E-state index in [1.165, 1.54) is 25.7 Å². The van der Waals surface area contributed by atoms with Crippen molar-refractivity contribution in [3.8, 4) is 0 Å². The van der Waals surface area contributed by atoms with Crippen LogP contribution in [0.3, 0.4) is 0 Å². The monoisotopic (exact) mass is 659 g/mol. The topological polar surface area (TPSA) is 169 Å². The van der Waals surface area contributed by atoms with Gasteiger partial charge >= 0.3 is 19.8 Å². The van der Waals surface area contributed by atoms with Crippen LogP contribution >= 0.6 is 7.82 Å². The lowest BCUT2D eigenvalue weighted by molar-refractivity contribution is -0.147. The molecular weight excluding hydrogens is 601 g/mol. The zero-order valence-electron chi connectivity index (χ0n) is 27.4. The summed E-state index contributed by atoms with van der Waals surface area (Å²) in [5, 5.41) is 21.4. The molecule has 4 N–H and O–H groups in total. The van der Waals surface area contributed by atoms with Gasteiger partial charge in [-0.05, 0) is 51.4 Å². The summed E-state index contributed by atoms with van der Waals surface area (Å²) < 4.78 is 26.2. The van der Waals surface area contributed by atoms with Gasteiger partial charge in [-0.2, -0.15) is 0 Å². The number of esters is 1. The Labute approximate surface area is 270 Å². The summed E-state index contributed by atoms with van der Waals surface area (Å²) >= 11 is 0. The zero-order valence-corrected chi connectivity index (χ0v) is 28.3. The fraction of sp³-hybridized carbons (Fsp3) is 0.727. The number of carbonyl (C=O) groups is 3. The minimum atomic E-state index is -4.73. The summed E-state index contributed by atoms with van der Waals surface area (Å²) in [6.07, 6.45) is 27.4. The van der Waals surface area contributed by atoms with Gasteiger partial charge in [0.2, 0.25) is 5.91 Å². The number of phosphoric acid groups is 1. The highest BCUT2D eigenvalue weighted by molar-refractivity contribution is 7.47. The Hall–Kier alpha value is -2.30. The van der Waals surface area contributed by atoms with Crippen LogP contribution in [-0.4, -0.2) is 64.9 Å². The summed E-state index contributed by atoms with van der Waals surface area (Å²) in [6.45, 7) is 2.22. The lowest BCUT2D eigenvalue weighted by Gasteiger charge is -2.18. The van der Waals surface area contributed by atoms with Gasteiger partial charge in [-0.1, -0.05) is 95.2 Å². The van der Waals surface area contributed by atoms with Crippen molar-refractivity contribution in [2.24, 2.45) is 0 Å². The minimum absolute atomic E-state index is 0.130. The molecule has 0 radical (unpaired) electrons. The van der Waals surface area contributed by atoms with E-state index in [9.17, 15) is 34.1 Å². The van der Waals surface area contributed by atoms with Gasteiger partial charge < -0.3 is 25.2 Å². The molecule has 260 valence electrons. The number of aliphatic carboxylic acids is 1. The van der Waals surface area contributed by atoms with Gasteiger partial charge in [0.05, 0.1) is 13.2 Å². The number of phosphoric ester groups is 1. The fourth-order valence-electron chi connectivity index (χ4n) is 4.00. The van der Waals surface area contributed by atoms with Gasteiger partial charge in [0.25, 0.3) is 0 Å². The van der Waals surface area contributed by atoms with Crippen molar-refractivity contribution in [3.63, 3.8) is 0 Å². The molecule has 3 atom stereocenters. The molecule has 1 amide bonds. The number of rotatable bonds is 30. The normalized spacial score (nSPS) is 14.6. The Balaban J connectivity index is 3.97. The van der Waals surface area contributed by atoms with Crippen LogP contribution in [0.1, 0.15) is 123 Å². The Kier molecular flexibility index (Phi) is 27.6. The van der Waals surface area contributed by atoms with Crippen LogP contribution in [0.2, 0.25) is 0 Å². The molecule has 11 nitrogen and oxygen atoms in total. The first-order chi connectivity index (χ1) is 21.6. The number of allylic oxidation sites excluding steroid dienone is 6. The average molecular weight is 660 g/mol. The van der Waals surface area contributed by atoms with E-state index >= 15 is 0 Å². The van der Waals surface area contributed by atoms with Gasteiger partial charge in [0.1, 0.15) is 12.7 Å². The number of aliphatic hydroxyl groups excluding tert-OH is 1. The highest BCUT2D eigenvalue weighted by Crippen LogP contribution is 2.43. The number of carboxylic acid groups (broad SMARTS) is 1. The molecule has 0 saturated carbocycles. The van der Waals surface area contributed by atoms with Crippen molar-refractivity contribution >= 4 is 25.7 Å². The maximum absolute atomic E-state index is 12.2. The predicted molar refractivity (Wildman–Crippen MR) is 176 cm³/mol. The van der Waals surface area contributed by atoms with Gasteiger partial charge in [-0.25, -0.2) is 9.36 Å². The van der Waals surface area contributed by atoms with Crippen LogP contribution in [0.25, 0.3) is 0 Å². The largest absolute Gasteiger partial charge is 0.480 e. The Morgan fingerprint density at radius 2 is 1.24 bits per heavy atom. The first-order valence-electron chi connectivity index (χ1n) is 16.5. The number of hydrogen-bond donors (Lipinski definition) is 4. The number of nitrogens with one attached hydrogen (secondary N) is 1. The Morgan fingerprint density at radius 3 is 1.84 bits per heavy atom. The van der Waals surface area contributed by atoms with Crippen molar-refractivity contribution in [1.82, 2.24) is 5.32 Å². The molecule has 0 aromatic carbocycles. The highest BCUT2D eigenvalue weighted by Gasteiger charge is 2.28. The molecule has 0 rings (SSSR count). The molecule has 0 aromatic heterocycles. The van der Waals surface area contributed by atoms with Crippen LogP contribution in [-0.2, 0) is 32.7 Å². The zero-order chi connectivity index (χ0) is 33.6. The summed E-state index contributed by atoms with van der Waals surface area (Å²) in [4.78, 5) is 44.9. The van der Waals surface area contributed by atoms with E-state index in [2.05, 4.69) is 53.2 Å². The molecule has 0 fully saturated rings. The van der Waals surface area contributed by atoms with Crippen LogP contribution in [0.4, 0.5) is 0 Å². The number of aliphatic hydroxyl groups is 1. The summed E-state index contributed by atoms with van der Waals surface area (Å²) in [7, 11) is -4.73. The van der Waals surface area contributed by atoms with E-state index in [4.69, 9.17) is 9.26 Å². The maximum Gasteiger partial charge on any atom is 0.472 e. The van der Waals surface area contributed by atoms with Crippen molar-refractivity contribution in [1.29, 1.82) is 0 Å². The Bertz CT molecular complexity index is 921. The van der Waals surface area contributed by atoms with Crippen LogP contribution in [0, 0.1) is 0 Å². The molecule has 45 heavy (non-hydrogen) atoms. The number of amides is 1. The van der Waals surface area contributed by atoms with Crippen LogP contribution in [0.5, 0.6) is 0 Å². The van der Waals surface area contributed by atoms with Gasteiger partial charge in [-0.15, -0.1) is 0 Å². The molecule has 0 aliphatic heterocycles. The summed E-state index contributed by atoms with van der Waals surface area (Å²) in [5.74, 6) is -2.44. The molecular formula is C33H58NO10P. The van der Waals surface area contributed by atoms with E-state index in [0.29, 0.717) is 12.8 Å². The molecule has 0 aliphatic rings. The number of ether oxygens (including phenoxy) is 1. The molecule has 0 spiro atoms. The van der Waals surface area contributed by atoms with E-state index < -0.39 is 57.6 Å².